The highest BCUT2D eigenvalue weighted by atomic mass is 32.2. The van der Waals surface area contributed by atoms with Gasteiger partial charge in [0.05, 0.1) is 10.6 Å². The number of esters is 1. The van der Waals surface area contributed by atoms with Crippen molar-refractivity contribution in [2.45, 2.75) is 61.8 Å². The van der Waals surface area contributed by atoms with E-state index in [0.717, 1.165) is 24.2 Å². The Balaban J connectivity index is 1.65. The molecule has 2 saturated heterocycles. The minimum absolute atomic E-state index is 0.0364. The number of sulfonamides is 1. The van der Waals surface area contributed by atoms with Gasteiger partial charge in [-0.15, -0.1) is 0 Å². The molecule has 3 fully saturated rings. The van der Waals surface area contributed by atoms with Crippen LogP contribution in [-0.4, -0.2) is 49.2 Å². The molecule has 0 unspecified atom stereocenters. The zero-order valence-electron chi connectivity index (χ0n) is 16.1. The predicted octanol–water partition coefficient (Wildman–Crippen LogP) is 1.98. The van der Waals surface area contributed by atoms with E-state index in [1.165, 1.54) is 28.6 Å². The van der Waals surface area contributed by atoms with E-state index in [2.05, 4.69) is 0 Å². The van der Waals surface area contributed by atoms with Crippen molar-refractivity contribution in [1.82, 2.24) is 4.31 Å². The SMILES string of the molecule is O=C1CCCC(=O)N1c1ccc(S(=O)(=O)N2CCOC(=O)C23CCCCC3)cc1. The van der Waals surface area contributed by atoms with Crippen LogP contribution in [0, 0.1) is 0 Å². The molecule has 1 saturated carbocycles. The number of hydrogen-bond donors (Lipinski definition) is 0. The predicted molar refractivity (Wildman–Crippen MR) is 103 cm³/mol. The second-order valence-electron chi connectivity index (χ2n) is 7.78. The lowest BCUT2D eigenvalue weighted by Crippen LogP contribution is -2.62. The fourth-order valence-corrected chi connectivity index (χ4v) is 6.31. The summed E-state index contributed by atoms with van der Waals surface area (Å²) in [5.74, 6) is -1.03. The standard InChI is InChI=1S/C20H24N2O6S/c23-17-5-4-6-18(24)22(17)15-7-9-16(10-8-15)29(26,27)21-13-14-28-19(25)20(21)11-2-1-3-12-20/h7-10H,1-6,11-14H2. The number of piperidine rings is 1. The summed E-state index contributed by atoms with van der Waals surface area (Å²) in [6.07, 6.45) is 4.57. The Morgan fingerprint density at radius 2 is 1.48 bits per heavy atom. The van der Waals surface area contributed by atoms with Crippen LogP contribution < -0.4 is 4.90 Å². The first-order valence-electron chi connectivity index (χ1n) is 10.0. The molecule has 3 aliphatic rings. The molecule has 1 aliphatic carbocycles. The molecular weight excluding hydrogens is 396 g/mol. The Morgan fingerprint density at radius 1 is 0.862 bits per heavy atom. The lowest BCUT2D eigenvalue weighted by molar-refractivity contribution is -0.165. The highest BCUT2D eigenvalue weighted by Gasteiger charge is 2.53. The van der Waals surface area contributed by atoms with Crippen molar-refractivity contribution in [2.24, 2.45) is 0 Å². The third kappa shape index (κ3) is 3.36. The topological polar surface area (TPSA) is 101 Å². The molecule has 0 aromatic heterocycles. The van der Waals surface area contributed by atoms with E-state index in [4.69, 9.17) is 4.74 Å². The average Bonchev–Trinajstić information content (AvgIpc) is 2.71. The van der Waals surface area contributed by atoms with E-state index in [-0.39, 0.29) is 29.9 Å². The van der Waals surface area contributed by atoms with Crippen LogP contribution in [0.1, 0.15) is 51.4 Å². The zero-order valence-corrected chi connectivity index (χ0v) is 16.9. The quantitative estimate of drug-likeness (QED) is 0.547. The van der Waals surface area contributed by atoms with Crippen LogP contribution in [0.4, 0.5) is 5.69 Å². The molecule has 4 rings (SSSR count). The molecule has 0 N–H and O–H groups in total. The number of imide groups is 1. The first-order valence-corrected chi connectivity index (χ1v) is 11.5. The molecule has 1 spiro atoms. The van der Waals surface area contributed by atoms with Gasteiger partial charge in [-0.2, -0.15) is 4.31 Å². The third-order valence-corrected chi connectivity index (χ3v) is 8.01. The number of anilines is 1. The van der Waals surface area contributed by atoms with Gasteiger partial charge in [0, 0.05) is 19.4 Å². The van der Waals surface area contributed by atoms with Gasteiger partial charge in [0.15, 0.2) is 0 Å². The summed E-state index contributed by atoms with van der Waals surface area (Å²) in [6.45, 7) is 0.160. The number of hydrogen-bond acceptors (Lipinski definition) is 6. The van der Waals surface area contributed by atoms with E-state index in [1.807, 2.05) is 0 Å². The second-order valence-corrected chi connectivity index (χ2v) is 9.64. The number of rotatable bonds is 3. The Hall–Kier alpha value is -2.26. The molecule has 0 atom stereocenters. The van der Waals surface area contributed by atoms with Crippen molar-refractivity contribution >= 4 is 33.5 Å². The maximum Gasteiger partial charge on any atom is 0.327 e. The van der Waals surface area contributed by atoms with Gasteiger partial charge in [-0.25, -0.2) is 8.42 Å². The number of benzene rings is 1. The van der Waals surface area contributed by atoms with Crippen molar-refractivity contribution < 1.29 is 27.5 Å². The molecule has 9 heteroatoms. The van der Waals surface area contributed by atoms with Crippen LogP contribution in [0.5, 0.6) is 0 Å². The third-order valence-electron chi connectivity index (χ3n) is 6.03. The van der Waals surface area contributed by atoms with Gasteiger partial charge < -0.3 is 4.74 Å². The maximum atomic E-state index is 13.4. The number of nitrogens with zero attached hydrogens (tertiary/aromatic N) is 2. The summed E-state index contributed by atoms with van der Waals surface area (Å²) in [6, 6.07) is 5.75. The van der Waals surface area contributed by atoms with Gasteiger partial charge in [0.25, 0.3) is 0 Å². The second kappa shape index (κ2) is 7.53. The Morgan fingerprint density at radius 3 is 2.10 bits per heavy atom. The fourth-order valence-electron chi connectivity index (χ4n) is 4.55. The van der Waals surface area contributed by atoms with Crippen LogP contribution >= 0.6 is 0 Å². The molecule has 1 aromatic rings. The summed E-state index contributed by atoms with van der Waals surface area (Å²) in [5, 5.41) is 0. The summed E-state index contributed by atoms with van der Waals surface area (Å²) < 4.78 is 33.3. The maximum absolute atomic E-state index is 13.4. The molecular formula is C20H24N2O6S. The lowest BCUT2D eigenvalue weighted by atomic mass is 9.81. The van der Waals surface area contributed by atoms with Crippen molar-refractivity contribution in [3.63, 3.8) is 0 Å². The summed E-state index contributed by atoms with van der Waals surface area (Å²) >= 11 is 0. The molecule has 0 radical (unpaired) electrons. The summed E-state index contributed by atoms with van der Waals surface area (Å²) in [5.41, 5.74) is -0.767. The Kier molecular flexibility index (Phi) is 5.20. The number of ether oxygens (including phenoxy) is 1. The van der Waals surface area contributed by atoms with Gasteiger partial charge in [-0.1, -0.05) is 19.3 Å². The molecule has 156 valence electrons. The largest absolute Gasteiger partial charge is 0.463 e. The molecule has 0 bridgehead atoms. The van der Waals surface area contributed by atoms with Crippen LogP contribution in [0.2, 0.25) is 0 Å². The Labute approximate surface area is 169 Å². The van der Waals surface area contributed by atoms with Gasteiger partial charge >= 0.3 is 5.97 Å². The molecule has 2 heterocycles. The van der Waals surface area contributed by atoms with Gasteiger partial charge in [0.1, 0.15) is 12.1 Å². The minimum Gasteiger partial charge on any atom is -0.463 e. The van der Waals surface area contributed by atoms with E-state index in [0.29, 0.717) is 37.8 Å². The van der Waals surface area contributed by atoms with Crippen molar-refractivity contribution in [3.8, 4) is 0 Å². The Bertz CT molecular complexity index is 918. The number of amides is 2. The zero-order chi connectivity index (χ0) is 20.6. The minimum atomic E-state index is -3.93. The van der Waals surface area contributed by atoms with Crippen LogP contribution in [0.3, 0.4) is 0 Å². The van der Waals surface area contributed by atoms with Crippen LogP contribution in [0.15, 0.2) is 29.2 Å². The van der Waals surface area contributed by atoms with E-state index in [9.17, 15) is 22.8 Å². The molecule has 29 heavy (non-hydrogen) atoms. The highest BCUT2D eigenvalue weighted by Crippen LogP contribution is 2.40. The molecule has 8 nitrogen and oxygen atoms in total. The van der Waals surface area contributed by atoms with Gasteiger partial charge in [-0.05, 0) is 43.5 Å². The number of carbonyl (C=O) groups excluding carboxylic acids is 3. The lowest BCUT2D eigenvalue weighted by Gasteiger charge is -2.45. The van der Waals surface area contributed by atoms with E-state index >= 15 is 0 Å². The molecule has 2 aliphatic heterocycles. The van der Waals surface area contributed by atoms with Crippen molar-refractivity contribution in [2.75, 3.05) is 18.1 Å². The van der Waals surface area contributed by atoms with E-state index < -0.39 is 21.5 Å². The number of cyclic esters (lactones) is 1. The van der Waals surface area contributed by atoms with Crippen LogP contribution in [-0.2, 0) is 29.1 Å². The molecule has 2 amide bonds. The van der Waals surface area contributed by atoms with Crippen molar-refractivity contribution in [3.05, 3.63) is 24.3 Å². The van der Waals surface area contributed by atoms with Crippen molar-refractivity contribution in [1.29, 1.82) is 0 Å². The molecule has 1 aromatic carbocycles. The van der Waals surface area contributed by atoms with Gasteiger partial charge in [0.2, 0.25) is 21.8 Å². The summed E-state index contributed by atoms with van der Waals surface area (Å²) in [4.78, 5) is 37.9. The monoisotopic (exact) mass is 420 g/mol. The van der Waals surface area contributed by atoms with E-state index in [1.54, 1.807) is 0 Å². The smallest absolute Gasteiger partial charge is 0.327 e. The summed E-state index contributed by atoms with van der Waals surface area (Å²) in [7, 11) is -3.93. The van der Waals surface area contributed by atoms with Gasteiger partial charge in [-0.3, -0.25) is 19.3 Å². The normalized spacial score (nSPS) is 23.3. The fraction of sp³-hybridized carbons (Fsp3) is 0.550. The first kappa shape index (κ1) is 20.0. The highest BCUT2D eigenvalue weighted by molar-refractivity contribution is 7.89. The number of morpholine rings is 1. The van der Waals surface area contributed by atoms with Crippen LogP contribution in [0.25, 0.3) is 0 Å². The first-order chi connectivity index (χ1) is 13.9. The average molecular weight is 420 g/mol. The number of carbonyl (C=O) groups is 3.